The molecule has 36 heavy (non-hydrogen) atoms. The second kappa shape index (κ2) is 12.1. The van der Waals surface area contributed by atoms with Crippen LogP contribution < -0.4 is 15.5 Å². The number of rotatable bonds is 9. The SMILES string of the molecule is CC[C@H]1CN(c2nc(-c3ccc(NC(=S)NCCOC(=O)CC(C)C)cc3)nn3cccc23)CCO1. The van der Waals surface area contributed by atoms with Gasteiger partial charge in [-0.05, 0) is 61.0 Å². The van der Waals surface area contributed by atoms with Crippen LogP contribution >= 0.6 is 12.2 Å². The van der Waals surface area contributed by atoms with Crippen LogP contribution in [0.25, 0.3) is 16.9 Å². The predicted molar refractivity (Wildman–Crippen MR) is 145 cm³/mol. The number of thiocarbonyl (C=S) groups is 1. The molecule has 0 unspecified atom stereocenters. The minimum atomic E-state index is -0.191. The van der Waals surface area contributed by atoms with E-state index in [4.69, 9.17) is 31.8 Å². The number of ether oxygens (including phenoxy) is 2. The number of anilines is 2. The lowest BCUT2D eigenvalue weighted by atomic mass is 10.1. The van der Waals surface area contributed by atoms with Gasteiger partial charge in [-0.15, -0.1) is 5.10 Å². The zero-order valence-electron chi connectivity index (χ0n) is 21.1. The van der Waals surface area contributed by atoms with E-state index in [-0.39, 0.29) is 24.6 Å². The second-order valence-corrected chi connectivity index (χ2v) is 9.63. The minimum Gasteiger partial charge on any atom is -0.464 e. The zero-order valence-corrected chi connectivity index (χ0v) is 21.9. The number of hydrogen-bond acceptors (Lipinski definition) is 7. The van der Waals surface area contributed by atoms with Crippen LogP contribution in [0.15, 0.2) is 42.6 Å². The van der Waals surface area contributed by atoms with Gasteiger partial charge in [-0.3, -0.25) is 4.79 Å². The fourth-order valence-electron chi connectivity index (χ4n) is 4.03. The average Bonchev–Trinajstić information content (AvgIpc) is 3.35. The van der Waals surface area contributed by atoms with Gasteiger partial charge in [0.1, 0.15) is 12.1 Å². The summed E-state index contributed by atoms with van der Waals surface area (Å²) in [5, 5.41) is 11.4. The number of nitrogens with zero attached hydrogens (tertiary/aromatic N) is 4. The molecule has 2 N–H and O–H groups in total. The van der Waals surface area contributed by atoms with Crippen molar-refractivity contribution in [2.24, 2.45) is 5.92 Å². The molecule has 0 spiro atoms. The molecule has 0 saturated carbocycles. The number of morpholine rings is 1. The molecule has 3 heterocycles. The summed E-state index contributed by atoms with van der Waals surface area (Å²) in [5.41, 5.74) is 2.74. The summed E-state index contributed by atoms with van der Waals surface area (Å²) >= 11 is 5.36. The maximum atomic E-state index is 11.6. The first-order valence-corrected chi connectivity index (χ1v) is 12.9. The first-order chi connectivity index (χ1) is 17.4. The predicted octanol–water partition coefficient (Wildman–Crippen LogP) is 3.89. The Morgan fingerprint density at radius 1 is 1.28 bits per heavy atom. The van der Waals surface area contributed by atoms with Crippen LogP contribution in [0, 0.1) is 5.92 Å². The largest absolute Gasteiger partial charge is 0.464 e. The standard InChI is InChI=1S/C26H34N6O3S/c1-4-21-17-31(13-15-34-21)25-22-6-5-12-32(22)30-24(29-25)19-7-9-20(10-8-19)28-26(36)27-11-14-35-23(33)16-18(2)3/h5-10,12,18,21H,4,11,13-17H2,1-3H3,(H2,27,28,36)/t21-/m0/s1. The Balaban J connectivity index is 1.38. The Morgan fingerprint density at radius 3 is 2.83 bits per heavy atom. The summed E-state index contributed by atoms with van der Waals surface area (Å²) in [5.74, 6) is 1.67. The maximum absolute atomic E-state index is 11.6. The number of hydrogen-bond donors (Lipinski definition) is 2. The Labute approximate surface area is 217 Å². The Hall–Kier alpha value is -3.24. The monoisotopic (exact) mass is 510 g/mol. The molecule has 0 amide bonds. The Morgan fingerprint density at radius 2 is 2.08 bits per heavy atom. The topological polar surface area (TPSA) is 93.0 Å². The highest BCUT2D eigenvalue weighted by molar-refractivity contribution is 7.80. The third kappa shape index (κ3) is 6.70. The molecule has 192 valence electrons. The van der Waals surface area contributed by atoms with Gasteiger partial charge in [-0.2, -0.15) is 0 Å². The Bertz CT molecular complexity index is 1180. The molecule has 1 saturated heterocycles. The van der Waals surface area contributed by atoms with E-state index in [9.17, 15) is 4.79 Å². The van der Waals surface area contributed by atoms with Crippen molar-refractivity contribution in [1.29, 1.82) is 0 Å². The van der Waals surface area contributed by atoms with Crippen LogP contribution in [0.2, 0.25) is 0 Å². The molecule has 0 aliphatic carbocycles. The van der Waals surface area contributed by atoms with Gasteiger partial charge in [-0.1, -0.05) is 20.8 Å². The van der Waals surface area contributed by atoms with E-state index in [1.165, 1.54) is 0 Å². The van der Waals surface area contributed by atoms with Crippen molar-refractivity contribution in [3.8, 4) is 11.4 Å². The summed E-state index contributed by atoms with van der Waals surface area (Å²) in [6, 6.07) is 11.9. The summed E-state index contributed by atoms with van der Waals surface area (Å²) in [7, 11) is 0. The number of esters is 1. The van der Waals surface area contributed by atoms with Crippen molar-refractivity contribution >= 4 is 40.3 Å². The highest BCUT2D eigenvalue weighted by Crippen LogP contribution is 2.26. The first-order valence-electron chi connectivity index (χ1n) is 12.5. The van der Waals surface area contributed by atoms with Crippen LogP contribution in [0.3, 0.4) is 0 Å². The molecule has 4 rings (SSSR count). The van der Waals surface area contributed by atoms with E-state index in [1.807, 2.05) is 61.0 Å². The van der Waals surface area contributed by atoms with Crippen LogP contribution in [0.1, 0.15) is 33.6 Å². The van der Waals surface area contributed by atoms with Gasteiger partial charge < -0.3 is 25.0 Å². The molecular formula is C26H34N6O3S. The molecule has 1 aliphatic rings. The van der Waals surface area contributed by atoms with Gasteiger partial charge in [0.15, 0.2) is 16.8 Å². The fourth-order valence-corrected chi connectivity index (χ4v) is 4.25. The molecule has 0 radical (unpaired) electrons. The highest BCUT2D eigenvalue weighted by atomic mass is 32.1. The number of aromatic nitrogens is 3. The lowest BCUT2D eigenvalue weighted by Gasteiger charge is -2.33. The third-order valence-corrected chi connectivity index (χ3v) is 6.14. The summed E-state index contributed by atoms with van der Waals surface area (Å²) in [6.45, 7) is 9.15. The number of carbonyl (C=O) groups excluding carboxylic acids is 1. The van der Waals surface area contributed by atoms with Crippen molar-refractivity contribution in [2.45, 2.75) is 39.7 Å². The van der Waals surface area contributed by atoms with Gasteiger partial charge >= 0.3 is 5.97 Å². The number of nitrogens with one attached hydrogen (secondary N) is 2. The summed E-state index contributed by atoms with van der Waals surface area (Å²) < 4.78 is 12.9. The number of benzene rings is 1. The molecule has 9 nitrogen and oxygen atoms in total. The molecule has 1 fully saturated rings. The second-order valence-electron chi connectivity index (χ2n) is 9.22. The van der Waals surface area contributed by atoms with Crippen molar-refractivity contribution in [1.82, 2.24) is 19.9 Å². The maximum Gasteiger partial charge on any atom is 0.306 e. The zero-order chi connectivity index (χ0) is 25.5. The van der Waals surface area contributed by atoms with Gasteiger partial charge in [0.2, 0.25) is 0 Å². The lowest BCUT2D eigenvalue weighted by molar-refractivity contribution is -0.144. The van der Waals surface area contributed by atoms with Crippen molar-refractivity contribution in [3.63, 3.8) is 0 Å². The van der Waals surface area contributed by atoms with Gasteiger partial charge in [0.05, 0.1) is 19.3 Å². The summed E-state index contributed by atoms with van der Waals surface area (Å²) in [4.78, 5) is 18.9. The molecule has 1 aliphatic heterocycles. The van der Waals surface area contributed by atoms with Crippen LogP contribution in [0.5, 0.6) is 0 Å². The third-order valence-electron chi connectivity index (χ3n) is 5.89. The quantitative estimate of drug-likeness (QED) is 0.253. The number of fused-ring (bicyclic) bond motifs is 1. The van der Waals surface area contributed by atoms with E-state index >= 15 is 0 Å². The van der Waals surface area contributed by atoms with Gasteiger partial charge in [0.25, 0.3) is 0 Å². The molecule has 1 atom stereocenters. The van der Waals surface area contributed by atoms with Crippen LogP contribution in [-0.4, -0.2) is 64.6 Å². The normalized spacial score (nSPS) is 15.8. The van der Waals surface area contributed by atoms with Crippen molar-refractivity contribution in [3.05, 3.63) is 42.6 Å². The average molecular weight is 511 g/mol. The molecule has 3 aromatic rings. The molecule has 10 heteroatoms. The molecule has 2 aromatic heterocycles. The fraction of sp³-hybridized carbons (Fsp3) is 0.462. The Kier molecular flexibility index (Phi) is 8.71. The molecular weight excluding hydrogens is 476 g/mol. The smallest absolute Gasteiger partial charge is 0.306 e. The number of carbonyl (C=O) groups is 1. The molecule has 1 aromatic carbocycles. The van der Waals surface area contributed by atoms with E-state index in [0.717, 1.165) is 42.1 Å². The van der Waals surface area contributed by atoms with E-state index in [2.05, 4.69) is 22.5 Å². The van der Waals surface area contributed by atoms with Crippen LogP contribution in [0.4, 0.5) is 11.5 Å². The van der Waals surface area contributed by atoms with Crippen molar-refractivity contribution in [2.75, 3.05) is 43.1 Å². The first kappa shape index (κ1) is 25.8. The minimum absolute atomic E-state index is 0.191. The molecule has 0 bridgehead atoms. The highest BCUT2D eigenvalue weighted by Gasteiger charge is 2.23. The van der Waals surface area contributed by atoms with E-state index < -0.39 is 0 Å². The van der Waals surface area contributed by atoms with Crippen molar-refractivity contribution < 1.29 is 14.3 Å². The lowest BCUT2D eigenvalue weighted by Crippen LogP contribution is -2.42. The van der Waals surface area contributed by atoms with Gasteiger partial charge in [-0.25, -0.2) is 9.50 Å². The van der Waals surface area contributed by atoms with E-state index in [1.54, 1.807) is 0 Å². The van der Waals surface area contributed by atoms with Crippen LogP contribution in [-0.2, 0) is 14.3 Å². The van der Waals surface area contributed by atoms with E-state index in [0.29, 0.717) is 30.5 Å². The van der Waals surface area contributed by atoms with Gasteiger partial charge in [0, 0.05) is 37.0 Å². The summed E-state index contributed by atoms with van der Waals surface area (Å²) in [6.07, 6.45) is 3.55.